The first-order valence-corrected chi connectivity index (χ1v) is 7.62. The van der Waals surface area contributed by atoms with Gasteiger partial charge in [-0.15, -0.1) is 0 Å². The van der Waals surface area contributed by atoms with Gasteiger partial charge in [0.05, 0.1) is 11.3 Å². The summed E-state index contributed by atoms with van der Waals surface area (Å²) in [6.07, 6.45) is 2.60. The number of hydrogen-bond acceptors (Lipinski definition) is 2. The zero-order valence-corrected chi connectivity index (χ0v) is 12.3. The number of carboxylic acids is 1. The zero-order chi connectivity index (χ0) is 15.0. The maximum atomic E-state index is 12.7. The van der Waals surface area contributed by atoms with E-state index in [1.165, 1.54) is 0 Å². The van der Waals surface area contributed by atoms with Gasteiger partial charge in [0.25, 0.3) is 0 Å². The Morgan fingerprint density at radius 2 is 2.05 bits per heavy atom. The predicted molar refractivity (Wildman–Crippen MR) is 78.8 cm³/mol. The molecule has 0 radical (unpaired) electrons. The highest BCUT2D eigenvalue weighted by Gasteiger charge is 2.56. The van der Waals surface area contributed by atoms with Gasteiger partial charge in [-0.05, 0) is 31.2 Å². The number of likely N-dealkylation sites (tertiary alicyclic amines) is 1. The van der Waals surface area contributed by atoms with Crippen LogP contribution in [0.5, 0.6) is 0 Å². The van der Waals surface area contributed by atoms with E-state index < -0.39 is 11.4 Å². The number of rotatable bonds is 3. The fraction of sp³-hybridized carbons (Fsp3) is 0.529. The van der Waals surface area contributed by atoms with E-state index in [9.17, 15) is 14.7 Å². The molecule has 1 aromatic carbocycles. The minimum atomic E-state index is -0.729. The Morgan fingerprint density at radius 1 is 1.33 bits per heavy atom. The maximum Gasteiger partial charge on any atom is 0.311 e. The van der Waals surface area contributed by atoms with Crippen molar-refractivity contribution in [2.75, 3.05) is 13.1 Å². The quantitative estimate of drug-likeness (QED) is 0.929. The second-order valence-corrected chi connectivity index (χ2v) is 6.40. The predicted octanol–water partition coefficient (Wildman–Crippen LogP) is 2.50. The second-order valence-electron chi connectivity index (χ2n) is 6.40. The molecule has 3 rings (SSSR count). The van der Waals surface area contributed by atoms with Gasteiger partial charge in [-0.25, -0.2) is 0 Å². The van der Waals surface area contributed by atoms with E-state index in [1.807, 2.05) is 37.3 Å². The van der Waals surface area contributed by atoms with Crippen molar-refractivity contribution in [1.29, 1.82) is 0 Å². The SMILES string of the molecule is CC(C(=O)N1C[C@@H]2CCC[C@@]2(C(=O)O)C1)c1ccccc1. The molecule has 112 valence electrons. The molecule has 4 heteroatoms. The van der Waals surface area contributed by atoms with Gasteiger partial charge < -0.3 is 10.0 Å². The third-order valence-electron chi connectivity index (χ3n) is 5.28. The summed E-state index contributed by atoms with van der Waals surface area (Å²) in [4.78, 5) is 26.1. The Bertz CT molecular complexity index is 556. The first-order chi connectivity index (χ1) is 10.0. The van der Waals surface area contributed by atoms with Crippen molar-refractivity contribution in [1.82, 2.24) is 4.90 Å². The van der Waals surface area contributed by atoms with Crippen LogP contribution in [-0.4, -0.2) is 35.0 Å². The lowest BCUT2D eigenvalue weighted by Crippen LogP contribution is -2.38. The summed E-state index contributed by atoms with van der Waals surface area (Å²) in [6.45, 7) is 2.88. The van der Waals surface area contributed by atoms with E-state index in [0.29, 0.717) is 19.5 Å². The summed E-state index contributed by atoms with van der Waals surface area (Å²) >= 11 is 0. The molecule has 1 aliphatic heterocycles. The third kappa shape index (κ3) is 2.23. The molecule has 1 aliphatic carbocycles. The average Bonchev–Trinajstić information content (AvgIpc) is 3.04. The third-order valence-corrected chi connectivity index (χ3v) is 5.28. The van der Waals surface area contributed by atoms with Crippen LogP contribution in [0.3, 0.4) is 0 Å². The summed E-state index contributed by atoms with van der Waals surface area (Å²) in [7, 11) is 0. The van der Waals surface area contributed by atoms with Gasteiger partial charge in [-0.1, -0.05) is 36.8 Å². The number of amides is 1. The van der Waals surface area contributed by atoms with E-state index in [0.717, 1.165) is 18.4 Å². The van der Waals surface area contributed by atoms with Crippen LogP contribution in [-0.2, 0) is 9.59 Å². The van der Waals surface area contributed by atoms with Gasteiger partial charge in [-0.3, -0.25) is 9.59 Å². The number of fused-ring (bicyclic) bond motifs is 1. The summed E-state index contributed by atoms with van der Waals surface area (Å²) in [5.41, 5.74) is 0.301. The van der Waals surface area contributed by atoms with Crippen molar-refractivity contribution in [2.24, 2.45) is 11.3 Å². The smallest absolute Gasteiger partial charge is 0.311 e. The van der Waals surface area contributed by atoms with E-state index >= 15 is 0 Å². The number of carbonyl (C=O) groups excluding carboxylic acids is 1. The molecule has 1 aromatic rings. The van der Waals surface area contributed by atoms with Gasteiger partial charge >= 0.3 is 5.97 Å². The Kier molecular flexibility index (Phi) is 3.47. The normalized spacial score (nSPS) is 29.2. The van der Waals surface area contributed by atoms with Crippen molar-refractivity contribution in [3.05, 3.63) is 35.9 Å². The van der Waals surface area contributed by atoms with Crippen molar-refractivity contribution >= 4 is 11.9 Å². The molecule has 1 amide bonds. The molecular weight excluding hydrogens is 266 g/mol. The summed E-state index contributed by atoms with van der Waals surface area (Å²) < 4.78 is 0. The molecule has 0 aromatic heterocycles. The van der Waals surface area contributed by atoms with Crippen molar-refractivity contribution < 1.29 is 14.7 Å². The van der Waals surface area contributed by atoms with Crippen molar-refractivity contribution in [2.45, 2.75) is 32.1 Å². The first kappa shape index (κ1) is 14.1. The number of hydrogen-bond donors (Lipinski definition) is 1. The van der Waals surface area contributed by atoms with Crippen LogP contribution in [0.15, 0.2) is 30.3 Å². The van der Waals surface area contributed by atoms with Gasteiger partial charge in [0.1, 0.15) is 0 Å². The van der Waals surface area contributed by atoms with Gasteiger partial charge in [0, 0.05) is 13.1 Å². The molecular formula is C17H21NO3. The zero-order valence-electron chi connectivity index (χ0n) is 12.3. The lowest BCUT2D eigenvalue weighted by molar-refractivity contribution is -0.149. The van der Waals surface area contributed by atoms with Crippen molar-refractivity contribution in [3.63, 3.8) is 0 Å². The lowest BCUT2D eigenvalue weighted by atomic mass is 9.81. The number of aliphatic carboxylic acids is 1. The number of carboxylic acid groups (broad SMARTS) is 1. The van der Waals surface area contributed by atoms with Gasteiger partial charge in [0.2, 0.25) is 5.91 Å². The largest absolute Gasteiger partial charge is 0.481 e. The summed E-state index contributed by atoms with van der Waals surface area (Å²) in [6, 6.07) is 9.69. The lowest BCUT2D eigenvalue weighted by Gasteiger charge is -2.25. The molecule has 1 saturated carbocycles. The van der Waals surface area contributed by atoms with E-state index in [-0.39, 0.29) is 17.7 Å². The minimum absolute atomic E-state index is 0.0521. The minimum Gasteiger partial charge on any atom is -0.481 e. The van der Waals surface area contributed by atoms with E-state index in [4.69, 9.17) is 0 Å². The summed E-state index contributed by atoms with van der Waals surface area (Å²) in [5.74, 6) is -0.762. The number of carbonyl (C=O) groups is 2. The number of benzene rings is 1. The van der Waals surface area contributed by atoms with E-state index in [1.54, 1.807) is 4.90 Å². The monoisotopic (exact) mass is 287 g/mol. The molecule has 4 nitrogen and oxygen atoms in total. The molecule has 2 fully saturated rings. The standard InChI is InChI=1S/C17H21NO3/c1-12(13-6-3-2-4-7-13)15(19)18-10-14-8-5-9-17(14,11-18)16(20)21/h2-4,6-7,12,14H,5,8-11H2,1H3,(H,20,21)/t12?,14-,17+/m0/s1. The highest BCUT2D eigenvalue weighted by Crippen LogP contribution is 2.49. The Balaban J connectivity index is 1.77. The molecule has 1 N–H and O–H groups in total. The Labute approximate surface area is 124 Å². The highest BCUT2D eigenvalue weighted by molar-refractivity contribution is 5.85. The van der Waals surface area contributed by atoms with Crippen LogP contribution in [0, 0.1) is 11.3 Å². The molecule has 1 unspecified atom stereocenters. The second kappa shape index (κ2) is 5.17. The molecule has 0 spiro atoms. The fourth-order valence-corrected chi connectivity index (χ4v) is 3.96. The van der Waals surface area contributed by atoms with Crippen LogP contribution in [0.2, 0.25) is 0 Å². The van der Waals surface area contributed by atoms with Gasteiger partial charge in [0.15, 0.2) is 0 Å². The topological polar surface area (TPSA) is 57.6 Å². The highest BCUT2D eigenvalue weighted by atomic mass is 16.4. The van der Waals surface area contributed by atoms with Crippen molar-refractivity contribution in [3.8, 4) is 0 Å². The molecule has 21 heavy (non-hydrogen) atoms. The van der Waals surface area contributed by atoms with Crippen LogP contribution in [0.1, 0.15) is 37.7 Å². The average molecular weight is 287 g/mol. The molecule has 1 heterocycles. The van der Waals surface area contributed by atoms with Crippen LogP contribution in [0.4, 0.5) is 0 Å². The molecule has 2 aliphatic rings. The Hall–Kier alpha value is -1.84. The maximum absolute atomic E-state index is 12.7. The van der Waals surface area contributed by atoms with Crippen LogP contribution >= 0.6 is 0 Å². The summed E-state index contributed by atoms with van der Waals surface area (Å²) in [5, 5.41) is 9.59. The fourth-order valence-electron chi connectivity index (χ4n) is 3.96. The van der Waals surface area contributed by atoms with Crippen LogP contribution < -0.4 is 0 Å². The first-order valence-electron chi connectivity index (χ1n) is 7.62. The Morgan fingerprint density at radius 3 is 2.67 bits per heavy atom. The molecule has 3 atom stereocenters. The van der Waals surface area contributed by atoms with Crippen LogP contribution in [0.25, 0.3) is 0 Å². The molecule has 1 saturated heterocycles. The molecule has 0 bridgehead atoms. The number of nitrogens with zero attached hydrogens (tertiary/aromatic N) is 1. The van der Waals surface area contributed by atoms with Gasteiger partial charge in [-0.2, -0.15) is 0 Å². The van der Waals surface area contributed by atoms with E-state index in [2.05, 4.69) is 0 Å².